The highest BCUT2D eigenvalue weighted by Crippen LogP contribution is 2.32. The molecular formula is C26H33N3O6. The third-order valence-corrected chi connectivity index (χ3v) is 7.79. The average Bonchev–Trinajstić information content (AvgIpc) is 3.52. The number of rotatable bonds is 7. The molecule has 0 spiro atoms. The Labute approximate surface area is 205 Å². The molecule has 1 atom stereocenters. The van der Waals surface area contributed by atoms with Gasteiger partial charge in [0.05, 0.1) is 22.9 Å². The lowest BCUT2D eigenvalue weighted by Crippen LogP contribution is -2.47. The predicted octanol–water partition coefficient (Wildman–Crippen LogP) is 2.78. The van der Waals surface area contributed by atoms with E-state index in [1.54, 1.807) is 11.8 Å². The van der Waals surface area contributed by atoms with Gasteiger partial charge >= 0.3 is 18.0 Å². The van der Waals surface area contributed by atoms with Gasteiger partial charge in [0.2, 0.25) is 0 Å². The van der Waals surface area contributed by atoms with Crippen LogP contribution in [0.2, 0.25) is 0 Å². The Morgan fingerprint density at radius 1 is 1.00 bits per heavy atom. The predicted molar refractivity (Wildman–Crippen MR) is 127 cm³/mol. The summed E-state index contributed by atoms with van der Waals surface area (Å²) < 4.78 is 16.5. The average molecular weight is 484 g/mol. The van der Waals surface area contributed by atoms with Gasteiger partial charge in [0.1, 0.15) is 13.2 Å². The maximum Gasteiger partial charge on any atom is 0.338 e. The van der Waals surface area contributed by atoms with Crippen molar-refractivity contribution in [1.82, 2.24) is 14.7 Å². The zero-order chi connectivity index (χ0) is 24.7. The molecule has 2 amide bonds. The second kappa shape index (κ2) is 9.62. The molecule has 4 aliphatic rings. The fourth-order valence-electron chi connectivity index (χ4n) is 5.70. The Bertz CT molecular complexity index is 1080. The Morgan fingerprint density at radius 3 is 2.43 bits per heavy atom. The van der Waals surface area contributed by atoms with E-state index in [-0.39, 0.29) is 36.7 Å². The van der Waals surface area contributed by atoms with E-state index in [9.17, 15) is 14.4 Å². The lowest BCUT2D eigenvalue weighted by atomic mass is 9.94. The lowest BCUT2D eigenvalue weighted by Gasteiger charge is -2.38. The van der Waals surface area contributed by atoms with Crippen LogP contribution in [0, 0.1) is 6.92 Å². The number of carbonyl (C=O) groups excluding carboxylic acids is 3. The number of amides is 2. The molecule has 0 aromatic heterocycles. The van der Waals surface area contributed by atoms with Crippen molar-refractivity contribution in [2.75, 3.05) is 45.9 Å². The number of ether oxygens (including phenoxy) is 3. The summed E-state index contributed by atoms with van der Waals surface area (Å²) >= 11 is 0. The summed E-state index contributed by atoms with van der Waals surface area (Å²) in [6, 6.07) is 4.03. The number of piperidine rings is 1. The topological polar surface area (TPSA) is 88.6 Å². The number of hydrogen-bond donors (Lipinski definition) is 0. The quantitative estimate of drug-likeness (QED) is 0.551. The van der Waals surface area contributed by atoms with E-state index in [0.717, 1.165) is 49.2 Å². The summed E-state index contributed by atoms with van der Waals surface area (Å²) in [5.74, 6) is -0.584. The Kier molecular flexibility index (Phi) is 6.55. The minimum absolute atomic E-state index is 0.0196. The van der Waals surface area contributed by atoms with Gasteiger partial charge in [0, 0.05) is 50.9 Å². The van der Waals surface area contributed by atoms with Gasteiger partial charge < -0.3 is 24.0 Å². The number of cyclic esters (lactones) is 2. The summed E-state index contributed by atoms with van der Waals surface area (Å²) in [6.45, 7) is 10.7. The highest BCUT2D eigenvalue weighted by Gasteiger charge is 2.40. The molecule has 0 aliphatic carbocycles. The summed E-state index contributed by atoms with van der Waals surface area (Å²) in [5, 5.41) is 0. The van der Waals surface area contributed by atoms with Crippen molar-refractivity contribution in [3.63, 3.8) is 0 Å². The second-order valence-electron chi connectivity index (χ2n) is 9.63. The van der Waals surface area contributed by atoms with Gasteiger partial charge in [-0.3, -0.25) is 4.90 Å². The van der Waals surface area contributed by atoms with E-state index in [1.807, 2.05) is 30.9 Å². The molecule has 0 N–H and O–H groups in total. The maximum absolute atomic E-state index is 13.1. The van der Waals surface area contributed by atoms with Crippen molar-refractivity contribution in [3.05, 3.63) is 45.7 Å². The van der Waals surface area contributed by atoms with Gasteiger partial charge in [-0.25, -0.2) is 14.4 Å². The van der Waals surface area contributed by atoms with E-state index in [4.69, 9.17) is 14.2 Å². The fraction of sp³-hybridized carbons (Fsp3) is 0.577. The van der Waals surface area contributed by atoms with Gasteiger partial charge in [-0.2, -0.15) is 0 Å². The molecule has 1 aromatic rings. The van der Waals surface area contributed by atoms with Crippen LogP contribution in [0.5, 0.6) is 0 Å². The highest BCUT2D eigenvalue weighted by atomic mass is 16.5. The first kappa shape index (κ1) is 23.8. The van der Waals surface area contributed by atoms with E-state index >= 15 is 0 Å². The molecule has 35 heavy (non-hydrogen) atoms. The molecule has 9 heteroatoms. The van der Waals surface area contributed by atoms with E-state index < -0.39 is 0 Å². The summed E-state index contributed by atoms with van der Waals surface area (Å²) in [7, 11) is 0. The number of fused-ring (bicyclic) bond motifs is 1. The Balaban J connectivity index is 1.21. The molecule has 0 radical (unpaired) electrons. The van der Waals surface area contributed by atoms with Gasteiger partial charge in [-0.15, -0.1) is 0 Å². The molecule has 0 saturated carbocycles. The van der Waals surface area contributed by atoms with Crippen molar-refractivity contribution in [3.8, 4) is 0 Å². The number of likely N-dealkylation sites (tertiary alicyclic amines) is 1. The first-order chi connectivity index (χ1) is 16.9. The van der Waals surface area contributed by atoms with Crippen molar-refractivity contribution < 1.29 is 28.6 Å². The molecular weight excluding hydrogens is 450 g/mol. The van der Waals surface area contributed by atoms with Gasteiger partial charge in [0.25, 0.3) is 0 Å². The number of esters is 2. The number of urea groups is 1. The van der Waals surface area contributed by atoms with Crippen molar-refractivity contribution in [2.24, 2.45) is 0 Å². The van der Waals surface area contributed by atoms with Crippen LogP contribution in [0.1, 0.15) is 59.8 Å². The van der Waals surface area contributed by atoms with Crippen molar-refractivity contribution in [2.45, 2.75) is 52.4 Å². The molecule has 1 aromatic carbocycles. The summed E-state index contributed by atoms with van der Waals surface area (Å²) in [4.78, 5) is 42.8. The summed E-state index contributed by atoms with van der Waals surface area (Å²) in [5.41, 5.74) is 5.04. The molecule has 9 nitrogen and oxygen atoms in total. The van der Waals surface area contributed by atoms with Gasteiger partial charge in [-0.1, -0.05) is 6.07 Å². The Morgan fingerprint density at radius 2 is 1.74 bits per heavy atom. The minimum atomic E-state index is -0.332. The number of carbonyl (C=O) groups is 3. The van der Waals surface area contributed by atoms with E-state index in [1.165, 1.54) is 0 Å². The van der Waals surface area contributed by atoms with Crippen molar-refractivity contribution >= 4 is 18.0 Å². The molecule has 2 saturated heterocycles. The third kappa shape index (κ3) is 4.31. The molecule has 4 heterocycles. The molecule has 5 rings (SSSR count). The molecule has 0 bridgehead atoms. The van der Waals surface area contributed by atoms with Crippen LogP contribution in [0.3, 0.4) is 0 Å². The largest absolute Gasteiger partial charge is 0.457 e. The highest BCUT2D eigenvalue weighted by molar-refractivity contribution is 5.94. The first-order valence-corrected chi connectivity index (χ1v) is 12.5. The molecule has 2 fully saturated rings. The normalized spacial score (nSPS) is 22.2. The smallest absolute Gasteiger partial charge is 0.338 e. The van der Waals surface area contributed by atoms with Crippen LogP contribution in [0.4, 0.5) is 4.79 Å². The van der Waals surface area contributed by atoms with Crippen LogP contribution in [0.25, 0.3) is 0 Å². The molecule has 4 aliphatic heterocycles. The Hall–Kier alpha value is -2.91. The van der Waals surface area contributed by atoms with Gasteiger partial charge in [0.15, 0.2) is 0 Å². The third-order valence-electron chi connectivity index (χ3n) is 7.79. The molecule has 0 unspecified atom stereocenters. The van der Waals surface area contributed by atoms with Crippen LogP contribution >= 0.6 is 0 Å². The van der Waals surface area contributed by atoms with Crippen LogP contribution in [0.15, 0.2) is 23.4 Å². The van der Waals surface area contributed by atoms with E-state index in [2.05, 4.69) is 4.90 Å². The second-order valence-corrected chi connectivity index (χ2v) is 9.63. The zero-order valence-corrected chi connectivity index (χ0v) is 20.7. The molecule has 188 valence electrons. The zero-order valence-electron chi connectivity index (χ0n) is 20.7. The number of benzene rings is 1. The monoisotopic (exact) mass is 483 g/mol. The lowest BCUT2D eigenvalue weighted by molar-refractivity contribution is -0.136. The van der Waals surface area contributed by atoms with Crippen molar-refractivity contribution in [1.29, 1.82) is 0 Å². The number of nitrogens with zero attached hydrogens (tertiary/aromatic N) is 3. The minimum Gasteiger partial charge on any atom is -0.457 e. The fourth-order valence-corrected chi connectivity index (χ4v) is 5.70. The van der Waals surface area contributed by atoms with E-state index in [0.29, 0.717) is 43.1 Å². The summed E-state index contributed by atoms with van der Waals surface area (Å²) in [6.07, 6.45) is 1.71. The van der Waals surface area contributed by atoms with Crippen LogP contribution in [-0.2, 0) is 25.6 Å². The number of hydrogen-bond acceptors (Lipinski definition) is 7. The standard InChI is InChI=1S/C26H33N3O6/c1-4-33-23(19-5-6-20-21(16(19)2)14-34-25(20)31)13-27-9-7-18(8-10-27)28-11-12-29(26(28)32)22-15-35-24(30)17(22)3/h5-6,18,23H,4,7-15H2,1-3H3/t23-/m0/s1. The SMILES string of the molecule is CCO[C@@H](CN1CCC(N2CCN(C3=C(C)C(=O)OC3)C2=O)CC1)c1ccc2c(c1C)COC2=O. The van der Waals surface area contributed by atoms with Crippen LogP contribution < -0.4 is 0 Å². The van der Waals surface area contributed by atoms with Crippen LogP contribution in [-0.4, -0.2) is 84.6 Å². The van der Waals surface area contributed by atoms with Gasteiger partial charge in [-0.05, 0) is 50.8 Å². The maximum atomic E-state index is 13.1. The first-order valence-electron chi connectivity index (χ1n) is 12.5.